The van der Waals surface area contributed by atoms with Gasteiger partial charge in [0.15, 0.2) is 5.75 Å². The molecule has 9 heteroatoms. The molecule has 3 rings (SSSR count). The van der Waals surface area contributed by atoms with Crippen molar-refractivity contribution in [2.75, 3.05) is 32.8 Å². The molecule has 1 aromatic heterocycles. The van der Waals surface area contributed by atoms with Crippen molar-refractivity contribution in [1.82, 2.24) is 14.4 Å². The lowest BCUT2D eigenvalue weighted by Crippen LogP contribution is -2.48. The molecule has 0 aliphatic carbocycles. The molecule has 1 saturated heterocycles. The highest BCUT2D eigenvalue weighted by Crippen LogP contribution is 2.18. The van der Waals surface area contributed by atoms with Gasteiger partial charge in [0.05, 0.1) is 13.2 Å². The van der Waals surface area contributed by atoms with Gasteiger partial charge in [0, 0.05) is 50.0 Å². The van der Waals surface area contributed by atoms with Crippen LogP contribution >= 0.6 is 0 Å². The molecule has 1 fully saturated rings. The smallest absolute Gasteiger partial charge is 0.409 e. The molecule has 2 heterocycles. The molecule has 0 bridgehead atoms. The summed E-state index contributed by atoms with van der Waals surface area (Å²) in [7, 11) is 0. The molecule has 0 spiro atoms. The number of carbonyl (C=O) groups excluding carboxylic acids is 1. The fraction of sp³-hybridized carbons (Fsp3) is 0.400. The number of carbonyl (C=O) groups is 1. The topological polar surface area (TPSA) is 75.0 Å². The molecule has 0 radical (unpaired) electrons. The number of piperazine rings is 1. The van der Waals surface area contributed by atoms with Crippen molar-refractivity contribution in [3.8, 4) is 5.75 Å². The number of aromatic nitrogens is 1. The van der Waals surface area contributed by atoms with E-state index in [2.05, 4.69) is 0 Å². The average molecular weight is 407 g/mol. The molecule has 0 unspecified atom stereocenters. The number of aromatic hydroxyl groups is 1. The molecule has 1 amide bonds. The maximum Gasteiger partial charge on any atom is 0.409 e. The van der Waals surface area contributed by atoms with Gasteiger partial charge in [-0.3, -0.25) is 9.69 Å². The van der Waals surface area contributed by atoms with Gasteiger partial charge in [-0.15, -0.1) is 0 Å². The van der Waals surface area contributed by atoms with Crippen LogP contribution in [-0.2, 0) is 17.8 Å². The third-order valence-corrected chi connectivity index (χ3v) is 4.91. The van der Waals surface area contributed by atoms with Crippen molar-refractivity contribution in [1.29, 1.82) is 0 Å². The van der Waals surface area contributed by atoms with Crippen LogP contribution in [-0.4, -0.2) is 58.4 Å². The molecule has 2 aromatic rings. The van der Waals surface area contributed by atoms with Crippen LogP contribution in [0.3, 0.4) is 0 Å². The Morgan fingerprint density at radius 1 is 1.10 bits per heavy atom. The number of hydrogen-bond acceptors (Lipinski definition) is 5. The number of benzene rings is 1. The van der Waals surface area contributed by atoms with Gasteiger partial charge in [-0.05, 0) is 25.1 Å². The van der Waals surface area contributed by atoms with Crippen LogP contribution < -0.4 is 5.56 Å². The van der Waals surface area contributed by atoms with Crippen molar-refractivity contribution >= 4 is 6.09 Å². The summed E-state index contributed by atoms with van der Waals surface area (Å²) in [4.78, 5) is 27.8. The lowest BCUT2D eigenvalue weighted by atomic mass is 10.1. The van der Waals surface area contributed by atoms with Gasteiger partial charge in [0.2, 0.25) is 0 Å². The molecule has 0 atom stereocenters. The van der Waals surface area contributed by atoms with E-state index in [1.807, 2.05) is 4.90 Å². The molecule has 7 nitrogen and oxygen atoms in total. The number of ether oxygens (including phenoxy) is 1. The largest absolute Gasteiger partial charge is 0.503 e. The molecular weight excluding hydrogens is 384 g/mol. The highest BCUT2D eigenvalue weighted by molar-refractivity contribution is 5.67. The van der Waals surface area contributed by atoms with Crippen LogP contribution in [0.1, 0.15) is 18.1 Å². The summed E-state index contributed by atoms with van der Waals surface area (Å²) in [6.45, 7) is 4.20. The molecule has 156 valence electrons. The zero-order valence-corrected chi connectivity index (χ0v) is 16.1. The number of halogens is 2. The van der Waals surface area contributed by atoms with Gasteiger partial charge in [-0.2, -0.15) is 0 Å². The van der Waals surface area contributed by atoms with E-state index in [4.69, 9.17) is 4.74 Å². The molecule has 1 aromatic carbocycles. The van der Waals surface area contributed by atoms with Gasteiger partial charge in [-0.25, -0.2) is 13.6 Å². The minimum absolute atomic E-state index is 0.239. The van der Waals surface area contributed by atoms with Gasteiger partial charge < -0.3 is 19.3 Å². The second-order valence-electron chi connectivity index (χ2n) is 6.78. The monoisotopic (exact) mass is 407 g/mol. The van der Waals surface area contributed by atoms with Crippen LogP contribution in [0.4, 0.5) is 13.6 Å². The van der Waals surface area contributed by atoms with E-state index in [-0.39, 0.29) is 18.2 Å². The SMILES string of the molecule is CCOC(=O)N1CCN(Cc2ccn(Cc3c(F)cccc3F)c(=O)c2O)CC1. The number of hydrogen-bond donors (Lipinski definition) is 1. The minimum Gasteiger partial charge on any atom is -0.503 e. The fourth-order valence-corrected chi connectivity index (χ4v) is 3.25. The van der Waals surface area contributed by atoms with Crippen LogP contribution in [0.25, 0.3) is 0 Å². The maximum absolute atomic E-state index is 13.8. The first-order chi connectivity index (χ1) is 13.9. The Morgan fingerprint density at radius 3 is 2.38 bits per heavy atom. The zero-order valence-electron chi connectivity index (χ0n) is 16.1. The Morgan fingerprint density at radius 2 is 1.76 bits per heavy atom. The van der Waals surface area contributed by atoms with Crippen LogP contribution in [0.5, 0.6) is 5.75 Å². The summed E-state index contributed by atoms with van der Waals surface area (Å²) in [5.41, 5.74) is -0.531. The van der Waals surface area contributed by atoms with Crippen LogP contribution in [0, 0.1) is 11.6 Å². The Labute approximate surface area is 166 Å². The molecule has 1 aliphatic rings. The minimum atomic E-state index is -0.750. The van der Waals surface area contributed by atoms with Gasteiger partial charge in [0.25, 0.3) is 5.56 Å². The van der Waals surface area contributed by atoms with E-state index in [0.717, 1.165) is 16.7 Å². The Balaban J connectivity index is 1.68. The quantitative estimate of drug-likeness (QED) is 0.822. The number of rotatable bonds is 5. The number of amides is 1. The molecule has 1 N–H and O–H groups in total. The van der Waals surface area contributed by atoms with E-state index in [1.165, 1.54) is 12.3 Å². The molecular formula is C20H23F2N3O4. The highest BCUT2D eigenvalue weighted by atomic mass is 19.1. The number of nitrogens with zero attached hydrogens (tertiary/aromatic N) is 3. The maximum atomic E-state index is 13.8. The third kappa shape index (κ3) is 4.73. The second-order valence-corrected chi connectivity index (χ2v) is 6.78. The van der Waals surface area contributed by atoms with Crippen molar-refractivity contribution in [3.63, 3.8) is 0 Å². The summed E-state index contributed by atoms with van der Waals surface area (Å²) in [5, 5.41) is 10.3. The van der Waals surface area contributed by atoms with Crippen LogP contribution in [0.15, 0.2) is 35.3 Å². The fourth-order valence-electron chi connectivity index (χ4n) is 3.25. The van der Waals surface area contributed by atoms with E-state index in [1.54, 1.807) is 17.9 Å². The van der Waals surface area contributed by atoms with Crippen molar-refractivity contribution < 1.29 is 23.4 Å². The van der Waals surface area contributed by atoms with E-state index >= 15 is 0 Å². The Bertz CT molecular complexity index is 920. The predicted octanol–water partition coefficient (Wildman–Crippen LogP) is 2.15. The van der Waals surface area contributed by atoms with E-state index in [9.17, 15) is 23.5 Å². The lowest BCUT2D eigenvalue weighted by Gasteiger charge is -2.34. The van der Waals surface area contributed by atoms with Crippen LogP contribution in [0.2, 0.25) is 0 Å². The van der Waals surface area contributed by atoms with Gasteiger partial charge >= 0.3 is 6.09 Å². The predicted molar refractivity (Wildman–Crippen MR) is 102 cm³/mol. The highest BCUT2D eigenvalue weighted by Gasteiger charge is 2.23. The molecule has 1 aliphatic heterocycles. The zero-order chi connectivity index (χ0) is 21.0. The van der Waals surface area contributed by atoms with E-state index < -0.39 is 22.9 Å². The normalized spacial score (nSPS) is 14.8. The van der Waals surface area contributed by atoms with Crippen molar-refractivity contribution in [3.05, 3.63) is 63.6 Å². The molecule has 0 saturated carbocycles. The average Bonchev–Trinajstić information content (AvgIpc) is 2.70. The van der Waals surface area contributed by atoms with Gasteiger partial charge in [-0.1, -0.05) is 6.07 Å². The Kier molecular flexibility index (Phi) is 6.48. The summed E-state index contributed by atoms with van der Waals surface area (Å²) >= 11 is 0. The summed E-state index contributed by atoms with van der Waals surface area (Å²) in [6, 6.07) is 5.05. The number of pyridine rings is 1. The summed E-state index contributed by atoms with van der Waals surface area (Å²) in [6.07, 6.45) is 1.07. The standard InChI is InChI=1S/C20H23F2N3O4/c1-2-29-20(28)24-10-8-23(9-11-24)12-14-6-7-25(19(27)18(14)26)13-15-16(21)4-3-5-17(15)22/h3-7,26H,2,8-13H2,1H3. The Hall–Kier alpha value is -2.94. The summed E-state index contributed by atoms with van der Waals surface area (Å²) in [5.74, 6) is -1.95. The van der Waals surface area contributed by atoms with E-state index in [0.29, 0.717) is 44.9 Å². The lowest BCUT2D eigenvalue weighted by molar-refractivity contribution is 0.0776. The second kappa shape index (κ2) is 9.04. The molecule has 29 heavy (non-hydrogen) atoms. The third-order valence-electron chi connectivity index (χ3n) is 4.91. The summed E-state index contributed by atoms with van der Waals surface area (Å²) < 4.78 is 33.7. The van der Waals surface area contributed by atoms with Crippen molar-refractivity contribution in [2.24, 2.45) is 0 Å². The van der Waals surface area contributed by atoms with Gasteiger partial charge in [0.1, 0.15) is 11.6 Å². The van der Waals surface area contributed by atoms with Crippen molar-refractivity contribution in [2.45, 2.75) is 20.0 Å². The first kappa shape index (κ1) is 20.8. The first-order valence-corrected chi connectivity index (χ1v) is 9.39. The first-order valence-electron chi connectivity index (χ1n) is 9.39.